The Morgan fingerprint density at radius 2 is 2.00 bits per heavy atom. The number of piperazine rings is 1. The van der Waals surface area contributed by atoms with Crippen LogP contribution in [0.2, 0.25) is 0 Å². The summed E-state index contributed by atoms with van der Waals surface area (Å²) in [6.07, 6.45) is 0. The lowest BCUT2D eigenvalue weighted by Crippen LogP contribution is -2.61. The van der Waals surface area contributed by atoms with E-state index >= 15 is 0 Å². The largest absolute Gasteiger partial charge is 0.368 e. The van der Waals surface area contributed by atoms with Gasteiger partial charge in [0.05, 0.1) is 12.1 Å². The molecule has 2 rings (SSSR count). The van der Waals surface area contributed by atoms with Gasteiger partial charge in [0.15, 0.2) is 5.96 Å². The standard InChI is InChI=1S/C16H27N5OS.HI/c1-12-5-10-23-13(12)11-19-15(18-4)20-6-8-21(9-7-20)16(2,3)14(17)22;/h5,10H,6-9,11H2,1-4H3,(H2,17,22)(H,18,19);1H. The number of nitrogens with one attached hydrogen (secondary N) is 1. The van der Waals surface area contributed by atoms with Gasteiger partial charge in [0, 0.05) is 38.1 Å². The molecule has 0 saturated carbocycles. The Kier molecular flexibility index (Phi) is 7.94. The first-order valence-corrected chi connectivity index (χ1v) is 8.77. The fourth-order valence-corrected chi connectivity index (χ4v) is 3.56. The Balaban J connectivity index is 0.00000288. The van der Waals surface area contributed by atoms with Crippen LogP contribution < -0.4 is 11.1 Å². The van der Waals surface area contributed by atoms with E-state index in [0.29, 0.717) is 0 Å². The van der Waals surface area contributed by atoms with Gasteiger partial charge in [0.2, 0.25) is 5.91 Å². The first-order valence-electron chi connectivity index (χ1n) is 7.89. The molecule has 1 fully saturated rings. The first kappa shape index (κ1) is 21.2. The fraction of sp³-hybridized carbons (Fsp3) is 0.625. The number of nitrogens with zero attached hydrogens (tertiary/aromatic N) is 3. The van der Waals surface area contributed by atoms with Gasteiger partial charge in [0.25, 0.3) is 0 Å². The summed E-state index contributed by atoms with van der Waals surface area (Å²) in [6, 6.07) is 2.13. The van der Waals surface area contributed by atoms with E-state index < -0.39 is 5.54 Å². The van der Waals surface area contributed by atoms with E-state index in [9.17, 15) is 4.79 Å². The van der Waals surface area contributed by atoms with Crippen LogP contribution in [0.5, 0.6) is 0 Å². The highest BCUT2D eigenvalue weighted by Crippen LogP contribution is 2.17. The van der Waals surface area contributed by atoms with Crippen molar-refractivity contribution in [3.05, 3.63) is 21.9 Å². The van der Waals surface area contributed by atoms with E-state index in [-0.39, 0.29) is 29.9 Å². The van der Waals surface area contributed by atoms with Crippen LogP contribution in [0.15, 0.2) is 16.4 Å². The molecule has 2 heterocycles. The number of hydrogen-bond acceptors (Lipinski definition) is 4. The third-order valence-corrected chi connectivity index (χ3v) is 5.58. The predicted octanol–water partition coefficient (Wildman–Crippen LogP) is 1.63. The molecule has 1 aromatic rings. The number of aryl methyl sites for hydroxylation is 1. The summed E-state index contributed by atoms with van der Waals surface area (Å²) in [4.78, 5) is 21.7. The summed E-state index contributed by atoms with van der Waals surface area (Å²) in [7, 11) is 1.81. The number of hydrogen-bond donors (Lipinski definition) is 2. The lowest BCUT2D eigenvalue weighted by atomic mass is 10.0. The molecule has 1 aromatic heterocycles. The number of primary amides is 1. The molecule has 0 unspecified atom stereocenters. The lowest BCUT2D eigenvalue weighted by molar-refractivity contribution is -0.129. The van der Waals surface area contributed by atoms with Gasteiger partial charge >= 0.3 is 0 Å². The van der Waals surface area contributed by atoms with Crippen LogP contribution in [0.1, 0.15) is 24.3 Å². The maximum absolute atomic E-state index is 11.6. The van der Waals surface area contributed by atoms with Crippen LogP contribution in [0, 0.1) is 6.92 Å². The molecule has 136 valence electrons. The minimum absolute atomic E-state index is 0. The Morgan fingerprint density at radius 1 is 1.38 bits per heavy atom. The summed E-state index contributed by atoms with van der Waals surface area (Å²) < 4.78 is 0. The number of carbonyl (C=O) groups is 1. The van der Waals surface area contributed by atoms with Crippen LogP contribution in [-0.4, -0.2) is 60.4 Å². The Bertz CT molecular complexity index is 579. The maximum atomic E-state index is 11.6. The number of rotatable bonds is 4. The number of aliphatic imine (C=N–C) groups is 1. The molecule has 1 amide bonds. The molecule has 8 heteroatoms. The van der Waals surface area contributed by atoms with Crippen molar-refractivity contribution < 1.29 is 4.79 Å². The molecular weight excluding hydrogens is 437 g/mol. The van der Waals surface area contributed by atoms with Crippen LogP contribution in [0.25, 0.3) is 0 Å². The second kappa shape index (κ2) is 9.00. The van der Waals surface area contributed by atoms with Crippen molar-refractivity contribution >= 4 is 47.2 Å². The van der Waals surface area contributed by atoms with Crippen LogP contribution >= 0.6 is 35.3 Å². The van der Waals surface area contributed by atoms with Crippen molar-refractivity contribution in [3.8, 4) is 0 Å². The van der Waals surface area contributed by atoms with Crippen LogP contribution in [-0.2, 0) is 11.3 Å². The van der Waals surface area contributed by atoms with E-state index in [2.05, 4.69) is 38.5 Å². The smallest absolute Gasteiger partial charge is 0.237 e. The van der Waals surface area contributed by atoms with Crippen molar-refractivity contribution in [1.29, 1.82) is 0 Å². The minimum Gasteiger partial charge on any atom is -0.368 e. The predicted molar refractivity (Wildman–Crippen MR) is 111 cm³/mol. The van der Waals surface area contributed by atoms with Gasteiger partial charge in [-0.05, 0) is 37.8 Å². The molecule has 0 spiro atoms. The Labute approximate surface area is 165 Å². The average molecular weight is 465 g/mol. The van der Waals surface area contributed by atoms with Gasteiger partial charge in [-0.15, -0.1) is 35.3 Å². The summed E-state index contributed by atoms with van der Waals surface area (Å²) in [5, 5.41) is 5.55. The second-order valence-electron chi connectivity index (χ2n) is 6.32. The Morgan fingerprint density at radius 3 is 2.46 bits per heavy atom. The fourth-order valence-electron chi connectivity index (χ4n) is 2.71. The number of nitrogens with two attached hydrogens (primary N) is 1. The van der Waals surface area contributed by atoms with Gasteiger partial charge in [0.1, 0.15) is 0 Å². The summed E-state index contributed by atoms with van der Waals surface area (Å²) >= 11 is 1.76. The third kappa shape index (κ3) is 4.82. The number of thiophene rings is 1. The van der Waals surface area contributed by atoms with Gasteiger partial charge in [-0.25, -0.2) is 0 Å². The number of amides is 1. The topological polar surface area (TPSA) is 74.0 Å². The van der Waals surface area contributed by atoms with Crippen LogP contribution in [0.4, 0.5) is 0 Å². The molecule has 0 aliphatic carbocycles. The summed E-state index contributed by atoms with van der Waals surface area (Å²) in [6.45, 7) is 9.96. The third-order valence-electron chi connectivity index (χ3n) is 4.56. The second-order valence-corrected chi connectivity index (χ2v) is 7.33. The number of carbonyl (C=O) groups excluding carboxylic acids is 1. The highest BCUT2D eigenvalue weighted by Gasteiger charge is 2.35. The maximum Gasteiger partial charge on any atom is 0.237 e. The monoisotopic (exact) mass is 465 g/mol. The zero-order chi connectivity index (χ0) is 17.0. The van der Waals surface area contributed by atoms with Gasteiger partial charge in [-0.3, -0.25) is 14.7 Å². The van der Waals surface area contributed by atoms with Gasteiger partial charge < -0.3 is 16.0 Å². The van der Waals surface area contributed by atoms with Crippen molar-refractivity contribution in [1.82, 2.24) is 15.1 Å². The first-order chi connectivity index (χ1) is 10.9. The molecule has 1 saturated heterocycles. The molecule has 0 bridgehead atoms. The van der Waals surface area contributed by atoms with E-state index in [0.717, 1.165) is 38.7 Å². The Hall–Kier alpha value is -0.870. The summed E-state index contributed by atoms with van der Waals surface area (Å²) in [5.41, 5.74) is 6.22. The minimum atomic E-state index is -0.600. The van der Waals surface area contributed by atoms with Gasteiger partial charge in [-0.1, -0.05) is 0 Å². The van der Waals surface area contributed by atoms with Gasteiger partial charge in [-0.2, -0.15) is 0 Å². The van der Waals surface area contributed by atoms with E-state index in [4.69, 9.17) is 5.73 Å². The average Bonchev–Trinajstić information content (AvgIpc) is 2.93. The zero-order valence-electron chi connectivity index (χ0n) is 14.8. The SMILES string of the molecule is CN=C(NCc1sccc1C)N1CCN(C(C)(C)C(N)=O)CC1.I. The molecule has 6 nitrogen and oxygen atoms in total. The number of guanidine groups is 1. The zero-order valence-corrected chi connectivity index (χ0v) is 18.0. The van der Waals surface area contributed by atoms with Crippen molar-refractivity contribution in [3.63, 3.8) is 0 Å². The lowest BCUT2D eigenvalue weighted by Gasteiger charge is -2.43. The summed E-state index contributed by atoms with van der Waals surface area (Å²) in [5.74, 6) is 0.635. The van der Waals surface area contributed by atoms with Crippen molar-refractivity contribution in [2.24, 2.45) is 10.7 Å². The van der Waals surface area contributed by atoms with Crippen molar-refractivity contribution in [2.75, 3.05) is 33.2 Å². The van der Waals surface area contributed by atoms with E-state index in [1.165, 1.54) is 10.4 Å². The molecule has 1 aliphatic rings. The van der Waals surface area contributed by atoms with E-state index in [1.807, 2.05) is 20.9 Å². The van der Waals surface area contributed by atoms with Crippen LogP contribution in [0.3, 0.4) is 0 Å². The molecule has 3 N–H and O–H groups in total. The van der Waals surface area contributed by atoms with E-state index in [1.54, 1.807) is 11.3 Å². The molecular formula is C16H28IN5OS. The number of halogens is 1. The highest BCUT2D eigenvalue weighted by molar-refractivity contribution is 14.0. The molecule has 1 aliphatic heterocycles. The molecule has 0 radical (unpaired) electrons. The normalized spacial score (nSPS) is 16.7. The highest BCUT2D eigenvalue weighted by atomic mass is 127. The molecule has 0 aromatic carbocycles. The quantitative estimate of drug-likeness (QED) is 0.403. The molecule has 24 heavy (non-hydrogen) atoms. The van der Waals surface area contributed by atoms with Crippen molar-refractivity contribution in [2.45, 2.75) is 32.9 Å². The molecule has 0 atom stereocenters.